The van der Waals surface area contributed by atoms with Crippen molar-refractivity contribution in [2.75, 3.05) is 43.0 Å². The molecule has 0 saturated carbocycles. The summed E-state index contributed by atoms with van der Waals surface area (Å²) in [6, 6.07) is 18.2. The summed E-state index contributed by atoms with van der Waals surface area (Å²) >= 11 is 1.30. The highest BCUT2D eigenvalue weighted by atomic mass is 32.2. The fourth-order valence-electron chi connectivity index (χ4n) is 4.67. The van der Waals surface area contributed by atoms with E-state index < -0.39 is 0 Å². The van der Waals surface area contributed by atoms with Gasteiger partial charge in [-0.05, 0) is 61.4 Å². The number of amides is 2. The van der Waals surface area contributed by atoms with Crippen LogP contribution in [0.1, 0.15) is 27.0 Å². The normalized spacial score (nSPS) is 16.9. The van der Waals surface area contributed by atoms with E-state index in [0.717, 1.165) is 18.0 Å². The van der Waals surface area contributed by atoms with Crippen LogP contribution in [-0.2, 0) is 4.79 Å². The number of thioether (sulfide) groups is 1. The predicted molar refractivity (Wildman–Crippen MR) is 144 cm³/mol. The van der Waals surface area contributed by atoms with Gasteiger partial charge in [-0.2, -0.15) is 0 Å². The monoisotopic (exact) mass is 501 g/mol. The molecule has 5 rings (SSSR count). The Labute approximate surface area is 215 Å². The minimum absolute atomic E-state index is 0.0306. The first kappa shape index (κ1) is 24.1. The Hall–Kier alpha value is -3.58. The largest absolute Gasteiger partial charge is 0.368 e. The molecular weight excluding hydrogens is 473 g/mol. The fourth-order valence-corrected chi connectivity index (χ4v) is 5.75. The van der Waals surface area contributed by atoms with Crippen LogP contribution >= 0.6 is 11.8 Å². The number of anilines is 2. The lowest BCUT2D eigenvalue weighted by atomic mass is 10.1. The van der Waals surface area contributed by atoms with E-state index in [1.54, 1.807) is 37.4 Å². The van der Waals surface area contributed by atoms with E-state index in [1.165, 1.54) is 39.5 Å². The summed E-state index contributed by atoms with van der Waals surface area (Å²) in [6.45, 7) is 7.10. The number of fused-ring (bicyclic) bond motifs is 1. The number of likely N-dealkylation sites (N-methyl/N-ethyl adjacent to an activating group) is 1. The van der Waals surface area contributed by atoms with Crippen molar-refractivity contribution < 1.29 is 14.0 Å². The summed E-state index contributed by atoms with van der Waals surface area (Å²) in [5.74, 6) is -0.620. The number of piperazine rings is 1. The molecule has 184 valence electrons. The molecule has 2 aliphatic heterocycles. The first-order valence-corrected chi connectivity index (χ1v) is 12.8. The maximum Gasteiger partial charge on any atom is 0.264 e. The molecule has 2 aliphatic rings. The van der Waals surface area contributed by atoms with Gasteiger partial charge in [0, 0.05) is 54.9 Å². The second-order valence-corrected chi connectivity index (χ2v) is 10.3. The van der Waals surface area contributed by atoms with Crippen LogP contribution in [0.3, 0.4) is 0 Å². The van der Waals surface area contributed by atoms with Crippen molar-refractivity contribution in [1.82, 2.24) is 4.90 Å². The van der Waals surface area contributed by atoms with Crippen molar-refractivity contribution in [3.63, 3.8) is 0 Å². The molecule has 0 radical (unpaired) electrons. The number of halogens is 1. The predicted octanol–water partition coefficient (Wildman–Crippen LogP) is 5.51. The Bertz CT molecular complexity index is 1380. The van der Waals surface area contributed by atoms with Gasteiger partial charge in [0.05, 0.1) is 10.6 Å². The Morgan fingerprint density at radius 3 is 2.44 bits per heavy atom. The molecule has 7 heteroatoms. The number of aryl methyl sites for hydroxylation is 1. The van der Waals surface area contributed by atoms with E-state index in [4.69, 9.17) is 0 Å². The first-order chi connectivity index (χ1) is 17.3. The van der Waals surface area contributed by atoms with Crippen molar-refractivity contribution >= 4 is 41.0 Å². The standard InChI is InChI=1S/C29H28FN3O2S/c1-19-7-6-10-24(20(19)2)32-13-15-33(16-14-32)28(34)22-11-12-26-25(17-22)31(3)29(35)27(36-26)18-21-8-4-5-9-23(21)30/h4-12,17-18H,13-16H2,1-3H3. The molecule has 2 amide bonds. The van der Waals surface area contributed by atoms with Crippen molar-refractivity contribution in [3.05, 3.63) is 93.6 Å². The Morgan fingerprint density at radius 2 is 1.69 bits per heavy atom. The lowest BCUT2D eigenvalue weighted by Gasteiger charge is -2.37. The summed E-state index contributed by atoms with van der Waals surface area (Å²) in [5, 5.41) is 0. The molecule has 0 unspecified atom stereocenters. The third-order valence-corrected chi connectivity index (χ3v) is 8.06. The average molecular weight is 502 g/mol. The van der Waals surface area contributed by atoms with Gasteiger partial charge in [0.2, 0.25) is 0 Å². The van der Waals surface area contributed by atoms with E-state index in [-0.39, 0.29) is 17.6 Å². The summed E-state index contributed by atoms with van der Waals surface area (Å²) in [4.78, 5) is 33.4. The van der Waals surface area contributed by atoms with Gasteiger partial charge in [-0.1, -0.05) is 42.1 Å². The lowest BCUT2D eigenvalue weighted by Crippen LogP contribution is -2.49. The highest BCUT2D eigenvalue weighted by Crippen LogP contribution is 2.42. The minimum Gasteiger partial charge on any atom is -0.368 e. The third kappa shape index (κ3) is 4.51. The van der Waals surface area contributed by atoms with E-state index in [1.807, 2.05) is 17.0 Å². The molecule has 36 heavy (non-hydrogen) atoms. The highest BCUT2D eigenvalue weighted by molar-refractivity contribution is 8.04. The molecule has 0 bridgehead atoms. The maximum absolute atomic E-state index is 14.1. The van der Waals surface area contributed by atoms with Gasteiger partial charge >= 0.3 is 0 Å². The zero-order valence-electron chi connectivity index (χ0n) is 20.6. The topological polar surface area (TPSA) is 43.9 Å². The zero-order chi connectivity index (χ0) is 25.4. The number of carbonyl (C=O) groups is 2. The van der Waals surface area contributed by atoms with Gasteiger partial charge in [0.1, 0.15) is 5.82 Å². The fraction of sp³-hybridized carbons (Fsp3) is 0.241. The Kier molecular flexibility index (Phi) is 6.58. The van der Waals surface area contributed by atoms with E-state index in [0.29, 0.717) is 34.8 Å². The molecule has 0 atom stereocenters. The molecule has 3 aromatic carbocycles. The van der Waals surface area contributed by atoms with Crippen LogP contribution in [0.25, 0.3) is 6.08 Å². The SMILES string of the molecule is Cc1cccc(N2CCN(C(=O)c3ccc4c(c3)N(C)C(=O)C(=Cc3ccccc3F)S4)CC2)c1C. The molecule has 0 aliphatic carbocycles. The second kappa shape index (κ2) is 9.82. The molecule has 3 aromatic rings. The summed E-state index contributed by atoms with van der Waals surface area (Å²) < 4.78 is 14.1. The third-order valence-electron chi connectivity index (χ3n) is 6.98. The maximum atomic E-state index is 14.1. The smallest absolute Gasteiger partial charge is 0.264 e. The van der Waals surface area contributed by atoms with Gasteiger partial charge < -0.3 is 14.7 Å². The number of benzene rings is 3. The lowest BCUT2D eigenvalue weighted by molar-refractivity contribution is -0.114. The first-order valence-electron chi connectivity index (χ1n) is 12.0. The van der Waals surface area contributed by atoms with Gasteiger partial charge in [-0.25, -0.2) is 4.39 Å². The van der Waals surface area contributed by atoms with Crippen LogP contribution in [-0.4, -0.2) is 49.9 Å². The summed E-state index contributed by atoms with van der Waals surface area (Å²) in [7, 11) is 1.69. The molecule has 0 aromatic heterocycles. The number of hydrogen-bond acceptors (Lipinski definition) is 4. The van der Waals surface area contributed by atoms with Crippen LogP contribution in [0.4, 0.5) is 15.8 Å². The molecule has 1 fully saturated rings. The highest BCUT2D eigenvalue weighted by Gasteiger charge is 2.29. The molecule has 5 nitrogen and oxygen atoms in total. The van der Waals surface area contributed by atoms with Crippen molar-refractivity contribution in [2.24, 2.45) is 0 Å². The van der Waals surface area contributed by atoms with Gasteiger partial charge in [0.25, 0.3) is 11.8 Å². The van der Waals surface area contributed by atoms with Gasteiger partial charge in [-0.3, -0.25) is 9.59 Å². The van der Waals surface area contributed by atoms with Crippen molar-refractivity contribution in [2.45, 2.75) is 18.7 Å². The second-order valence-electron chi connectivity index (χ2n) is 9.18. The van der Waals surface area contributed by atoms with Crippen LogP contribution in [0.15, 0.2) is 70.5 Å². The Morgan fingerprint density at radius 1 is 0.944 bits per heavy atom. The summed E-state index contributed by atoms with van der Waals surface area (Å²) in [6.07, 6.45) is 1.58. The van der Waals surface area contributed by atoms with Crippen LogP contribution < -0.4 is 9.80 Å². The molecule has 0 spiro atoms. The molecule has 1 saturated heterocycles. The van der Waals surface area contributed by atoms with Gasteiger partial charge in [0.15, 0.2) is 0 Å². The van der Waals surface area contributed by atoms with E-state index >= 15 is 0 Å². The number of nitrogens with zero attached hydrogens (tertiary/aromatic N) is 3. The molecule has 0 N–H and O–H groups in total. The molecule has 2 heterocycles. The number of carbonyl (C=O) groups excluding carboxylic acids is 2. The Balaban J connectivity index is 1.32. The number of hydrogen-bond donors (Lipinski definition) is 0. The number of rotatable bonds is 3. The van der Waals surface area contributed by atoms with Crippen LogP contribution in [0.2, 0.25) is 0 Å². The van der Waals surface area contributed by atoms with E-state index in [2.05, 4.69) is 36.9 Å². The minimum atomic E-state index is -0.370. The zero-order valence-corrected chi connectivity index (χ0v) is 21.4. The van der Waals surface area contributed by atoms with Gasteiger partial charge in [-0.15, -0.1) is 0 Å². The van der Waals surface area contributed by atoms with Crippen LogP contribution in [0.5, 0.6) is 0 Å². The summed E-state index contributed by atoms with van der Waals surface area (Å²) in [5.41, 5.74) is 5.40. The van der Waals surface area contributed by atoms with E-state index in [9.17, 15) is 14.0 Å². The van der Waals surface area contributed by atoms with Crippen molar-refractivity contribution in [1.29, 1.82) is 0 Å². The quantitative estimate of drug-likeness (QED) is 0.444. The van der Waals surface area contributed by atoms with Crippen molar-refractivity contribution in [3.8, 4) is 0 Å². The molecular formula is C29H28FN3O2S. The average Bonchev–Trinajstić information content (AvgIpc) is 2.89. The van der Waals surface area contributed by atoms with Crippen LogP contribution in [0, 0.1) is 19.7 Å².